The van der Waals surface area contributed by atoms with Crippen molar-refractivity contribution in [1.29, 1.82) is 10.5 Å². The molecule has 0 atom stereocenters. The van der Waals surface area contributed by atoms with Crippen LogP contribution in [0.5, 0.6) is 0 Å². The van der Waals surface area contributed by atoms with Crippen LogP contribution in [0.3, 0.4) is 0 Å². The van der Waals surface area contributed by atoms with Gasteiger partial charge in [0.1, 0.15) is 17.7 Å². The lowest BCUT2D eigenvalue weighted by molar-refractivity contribution is -0.376. The Morgan fingerprint density at radius 3 is 2.00 bits per heavy atom. The molecule has 0 spiro atoms. The van der Waals surface area contributed by atoms with Crippen molar-refractivity contribution in [2.45, 2.75) is 18.0 Å². The van der Waals surface area contributed by atoms with Gasteiger partial charge < -0.3 is 10.4 Å². The van der Waals surface area contributed by atoms with E-state index >= 15 is 0 Å². The molecule has 2 N–H and O–H groups in total. The van der Waals surface area contributed by atoms with Gasteiger partial charge in [0.05, 0.1) is 0 Å². The molecule has 0 saturated heterocycles. The van der Waals surface area contributed by atoms with Crippen LogP contribution in [-0.2, 0) is 5.60 Å². The molecular formula is C13H7F6N3O. The molecule has 0 fully saturated rings. The van der Waals surface area contributed by atoms with Gasteiger partial charge in [0.25, 0.3) is 5.60 Å². The predicted molar refractivity (Wildman–Crippen MR) is 65.4 cm³/mol. The SMILES string of the molecule is N#CC(C#N)=CNc1cccc(C(O)(C(F)(F)F)C(F)(F)F)c1. The van der Waals surface area contributed by atoms with Crippen LogP contribution in [0.2, 0.25) is 0 Å². The largest absolute Gasteiger partial charge is 0.430 e. The van der Waals surface area contributed by atoms with Crippen molar-refractivity contribution in [3.63, 3.8) is 0 Å². The second-order valence-electron chi connectivity index (χ2n) is 4.21. The quantitative estimate of drug-likeness (QED) is 0.656. The Hall–Kier alpha value is -2.72. The van der Waals surface area contributed by atoms with E-state index in [9.17, 15) is 31.4 Å². The van der Waals surface area contributed by atoms with Gasteiger partial charge >= 0.3 is 12.4 Å². The van der Waals surface area contributed by atoms with E-state index in [4.69, 9.17) is 10.5 Å². The van der Waals surface area contributed by atoms with Gasteiger partial charge in [-0.2, -0.15) is 36.9 Å². The third kappa shape index (κ3) is 3.55. The maximum atomic E-state index is 12.8. The van der Waals surface area contributed by atoms with Crippen molar-refractivity contribution in [2.24, 2.45) is 0 Å². The molecule has 0 saturated carbocycles. The first-order chi connectivity index (χ1) is 10.5. The summed E-state index contributed by atoms with van der Waals surface area (Å²) in [5, 5.41) is 28.4. The molecule has 0 aliphatic heterocycles. The molecule has 1 aromatic carbocycles. The number of rotatable bonds is 3. The maximum absolute atomic E-state index is 12.8. The fourth-order valence-corrected chi connectivity index (χ4v) is 1.57. The van der Waals surface area contributed by atoms with Crippen LogP contribution < -0.4 is 5.32 Å². The Morgan fingerprint density at radius 1 is 1.04 bits per heavy atom. The van der Waals surface area contributed by atoms with Gasteiger partial charge in [-0.15, -0.1) is 0 Å². The molecule has 0 unspecified atom stereocenters. The third-order valence-corrected chi connectivity index (χ3v) is 2.72. The Labute approximate surface area is 125 Å². The lowest BCUT2D eigenvalue weighted by Gasteiger charge is -2.32. The summed E-state index contributed by atoms with van der Waals surface area (Å²) in [4.78, 5) is 0. The second-order valence-corrected chi connectivity index (χ2v) is 4.21. The van der Waals surface area contributed by atoms with Crippen molar-refractivity contribution in [3.8, 4) is 12.1 Å². The van der Waals surface area contributed by atoms with E-state index in [2.05, 4.69) is 5.32 Å². The van der Waals surface area contributed by atoms with Crippen LogP contribution in [0.4, 0.5) is 32.0 Å². The van der Waals surface area contributed by atoms with Gasteiger partial charge in [-0.25, -0.2) is 0 Å². The summed E-state index contributed by atoms with van der Waals surface area (Å²) in [5.74, 6) is 0. The minimum absolute atomic E-state index is 0.280. The number of aliphatic hydroxyl groups is 1. The van der Waals surface area contributed by atoms with Crippen molar-refractivity contribution < 1.29 is 31.4 Å². The molecule has 23 heavy (non-hydrogen) atoms. The van der Waals surface area contributed by atoms with Crippen molar-refractivity contribution in [1.82, 2.24) is 0 Å². The van der Waals surface area contributed by atoms with Crippen molar-refractivity contribution >= 4 is 5.69 Å². The van der Waals surface area contributed by atoms with Crippen LogP contribution in [0, 0.1) is 22.7 Å². The molecular weight excluding hydrogens is 328 g/mol. The average Bonchev–Trinajstić information content (AvgIpc) is 2.45. The van der Waals surface area contributed by atoms with Crippen molar-refractivity contribution in [3.05, 3.63) is 41.6 Å². The number of allylic oxidation sites excluding steroid dienone is 1. The molecule has 0 aliphatic rings. The molecule has 1 rings (SSSR count). The molecule has 10 heteroatoms. The Balaban J connectivity index is 3.34. The van der Waals surface area contributed by atoms with Crippen LogP contribution >= 0.6 is 0 Å². The molecule has 1 aromatic rings. The summed E-state index contributed by atoms with van der Waals surface area (Å²) in [6.07, 6.45) is -11.2. The van der Waals surface area contributed by atoms with Crippen LogP contribution in [-0.4, -0.2) is 17.5 Å². The Bertz CT molecular complexity index is 663. The molecule has 4 nitrogen and oxygen atoms in total. The summed E-state index contributed by atoms with van der Waals surface area (Å²) >= 11 is 0. The summed E-state index contributed by atoms with van der Waals surface area (Å²) in [6, 6.07) is 5.72. The predicted octanol–water partition coefficient (Wildman–Crippen LogP) is 3.34. The summed E-state index contributed by atoms with van der Waals surface area (Å²) < 4.78 is 76.5. The third-order valence-electron chi connectivity index (χ3n) is 2.72. The normalized spacial score (nSPS) is 12.0. The van der Waals surface area contributed by atoms with Crippen LogP contribution in [0.15, 0.2) is 36.0 Å². The molecule has 122 valence electrons. The highest BCUT2D eigenvalue weighted by molar-refractivity contribution is 5.52. The zero-order valence-corrected chi connectivity index (χ0v) is 11.0. The standard InChI is InChI=1S/C13H7F6N3O/c14-12(15,16)11(23,13(17,18)19)9-2-1-3-10(4-9)22-7-8(5-20)6-21/h1-4,7,22-23H. The first-order valence-corrected chi connectivity index (χ1v) is 5.70. The van der Waals surface area contributed by atoms with Crippen molar-refractivity contribution in [2.75, 3.05) is 5.32 Å². The van der Waals surface area contributed by atoms with E-state index in [0.717, 1.165) is 18.3 Å². The van der Waals surface area contributed by atoms with E-state index in [1.807, 2.05) is 0 Å². The van der Waals surface area contributed by atoms with E-state index in [-0.39, 0.29) is 5.69 Å². The molecule has 0 aliphatic carbocycles. The number of hydrogen-bond donors (Lipinski definition) is 2. The second kappa shape index (κ2) is 6.18. The lowest BCUT2D eigenvalue weighted by atomic mass is 9.92. The maximum Gasteiger partial charge on any atom is 0.430 e. The number of halogens is 6. The topological polar surface area (TPSA) is 79.8 Å². The highest BCUT2D eigenvalue weighted by atomic mass is 19.4. The molecule has 0 radical (unpaired) electrons. The first kappa shape index (κ1) is 18.3. The number of nitrogens with one attached hydrogen (secondary N) is 1. The molecule has 0 amide bonds. The fourth-order valence-electron chi connectivity index (χ4n) is 1.57. The van der Waals surface area contributed by atoms with E-state index < -0.39 is 29.1 Å². The monoisotopic (exact) mass is 335 g/mol. The van der Waals surface area contributed by atoms with Gasteiger partial charge in [-0.1, -0.05) is 12.1 Å². The Kier molecular flexibility index (Phi) is 4.93. The number of nitrogens with zero attached hydrogens (tertiary/aromatic N) is 2. The summed E-state index contributed by atoms with van der Waals surface area (Å²) in [5.41, 5.74) is -7.23. The summed E-state index contributed by atoms with van der Waals surface area (Å²) in [7, 11) is 0. The molecule has 0 bridgehead atoms. The fraction of sp³-hybridized carbons (Fsp3) is 0.231. The average molecular weight is 335 g/mol. The zero-order valence-electron chi connectivity index (χ0n) is 11.0. The first-order valence-electron chi connectivity index (χ1n) is 5.70. The van der Waals surface area contributed by atoms with E-state index in [1.54, 1.807) is 0 Å². The molecule has 0 aromatic heterocycles. The minimum atomic E-state index is -6.00. The lowest BCUT2D eigenvalue weighted by Crippen LogP contribution is -2.53. The van der Waals surface area contributed by atoms with Crippen LogP contribution in [0.25, 0.3) is 0 Å². The smallest absolute Gasteiger partial charge is 0.369 e. The van der Waals surface area contributed by atoms with Crippen LogP contribution in [0.1, 0.15) is 5.56 Å². The van der Waals surface area contributed by atoms with Gasteiger partial charge in [-0.3, -0.25) is 0 Å². The highest BCUT2D eigenvalue weighted by Gasteiger charge is 2.71. The number of nitriles is 2. The molecule has 0 heterocycles. The van der Waals surface area contributed by atoms with Gasteiger partial charge in [0, 0.05) is 17.5 Å². The minimum Gasteiger partial charge on any atom is -0.369 e. The number of benzene rings is 1. The van der Waals surface area contributed by atoms with E-state index in [1.165, 1.54) is 12.1 Å². The number of hydrogen-bond acceptors (Lipinski definition) is 4. The number of alkyl halides is 6. The number of anilines is 1. The highest BCUT2D eigenvalue weighted by Crippen LogP contribution is 2.50. The Morgan fingerprint density at radius 2 is 1.57 bits per heavy atom. The van der Waals surface area contributed by atoms with Gasteiger partial charge in [0.15, 0.2) is 0 Å². The van der Waals surface area contributed by atoms with Gasteiger partial charge in [0.2, 0.25) is 0 Å². The van der Waals surface area contributed by atoms with Gasteiger partial charge in [-0.05, 0) is 12.1 Å². The zero-order chi connectivity index (χ0) is 17.9. The van der Waals surface area contributed by atoms with E-state index in [0.29, 0.717) is 12.1 Å². The summed E-state index contributed by atoms with van der Waals surface area (Å²) in [6.45, 7) is 0.